The molecule has 0 aromatic carbocycles. The van der Waals surface area contributed by atoms with Crippen molar-refractivity contribution in [3.05, 3.63) is 22.0 Å². The number of carboxylic acid groups (broad SMARTS) is 1. The van der Waals surface area contributed by atoms with Gasteiger partial charge in [0.2, 0.25) is 11.6 Å². The lowest BCUT2D eigenvalue weighted by Crippen LogP contribution is -2.28. The SMILES string of the molecule is CCCCNC(=O)Cn1cc([N+](=O)[O-])c(C(=O)O)n1. The lowest BCUT2D eigenvalue weighted by atomic mass is 10.3. The van der Waals surface area contributed by atoms with Crippen molar-refractivity contribution in [3.8, 4) is 0 Å². The summed E-state index contributed by atoms with van der Waals surface area (Å²) in [4.78, 5) is 32.0. The number of amides is 1. The number of aromatic nitrogens is 2. The van der Waals surface area contributed by atoms with Crippen LogP contribution in [-0.4, -0.2) is 38.2 Å². The monoisotopic (exact) mass is 270 g/mol. The average Bonchev–Trinajstić information content (AvgIpc) is 2.73. The van der Waals surface area contributed by atoms with Crippen molar-refractivity contribution in [2.45, 2.75) is 26.3 Å². The standard InChI is InChI=1S/C10H14N4O5/c1-2-3-4-11-8(15)6-13-5-7(14(18)19)9(12-13)10(16)17/h5H,2-4,6H2,1H3,(H,11,15)(H,16,17). The van der Waals surface area contributed by atoms with Crippen molar-refractivity contribution in [1.82, 2.24) is 15.1 Å². The van der Waals surface area contributed by atoms with Gasteiger partial charge < -0.3 is 10.4 Å². The first-order valence-corrected chi connectivity index (χ1v) is 5.67. The Labute approximate surface area is 108 Å². The highest BCUT2D eigenvalue weighted by atomic mass is 16.6. The molecule has 0 aliphatic rings. The zero-order chi connectivity index (χ0) is 14.4. The quantitative estimate of drug-likeness (QED) is 0.419. The molecule has 0 aliphatic carbocycles. The number of carbonyl (C=O) groups excluding carboxylic acids is 1. The smallest absolute Gasteiger partial charge is 0.363 e. The summed E-state index contributed by atoms with van der Waals surface area (Å²) in [5.41, 5.74) is -1.31. The lowest BCUT2D eigenvalue weighted by Gasteiger charge is -2.03. The van der Waals surface area contributed by atoms with Crippen molar-refractivity contribution in [2.24, 2.45) is 0 Å². The summed E-state index contributed by atoms with van der Waals surface area (Å²) in [7, 11) is 0. The van der Waals surface area contributed by atoms with E-state index in [1.807, 2.05) is 6.92 Å². The van der Waals surface area contributed by atoms with Crippen LogP contribution < -0.4 is 5.32 Å². The Hall–Kier alpha value is -2.45. The summed E-state index contributed by atoms with van der Waals surface area (Å²) in [6, 6.07) is 0. The number of unbranched alkanes of at least 4 members (excludes halogenated alkanes) is 1. The van der Waals surface area contributed by atoms with Gasteiger partial charge in [-0.3, -0.25) is 19.6 Å². The molecule has 1 aromatic heterocycles. The van der Waals surface area contributed by atoms with E-state index in [-0.39, 0.29) is 12.5 Å². The van der Waals surface area contributed by atoms with Gasteiger partial charge >= 0.3 is 11.7 Å². The van der Waals surface area contributed by atoms with Gasteiger partial charge in [0.05, 0.1) is 4.92 Å². The van der Waals surface area contributed by atoms with Gasteiger partial charge in [0.15, 0.2) is 0 Å². The molecule has 0 radical (unpaired) electrons. The van der Waals surface area contributed by atoms with E-state index < -0.39 is 22.3 Å². The summed E-state index contributed by atoms with van der Waals surface area (Å²) in [5.74, 6) is -1.88. The fourth-order valence-electron chi connectivity index (χ4n) is 1.39. The van der Waals surface area contributed by atoms with Gasteiger partial charge in [0.1, 0.15) is 12.7 Å². The van der Waals surface area contributed by atoms with Crippen LogP contribution in [-0.2, 0) is 11.3 Å². The van der Waals surface area contributed by atoms with Crippen molar-refractivity contribution in [1.29, 1.82) is 0 Å². The molecule has 1 aromatic rings. The van der Waals surface area contributed by atoms with Crippen molar-refractivity contribution in [2.75, 3.05) is 6.54 Å². The molecule has 1 amide bonds. The predicted molar refractivity (Wildman–Crippen MR) is 63.8 cm³/mol. The summed E-state index contributed by atoms with van der Waals surface area (Å²) >= 11 is 0. The van der Waals surface area contributed by atoms with Crippen molar-refractivity contribution >= 4 is 17.6 Å². The van der Waals surface area contributed by atoms with Gasteiger partial charge in [-0.1, -0.05) is 13.3 Å². The summed E-state index contributed by atoms with van der Waals surface area (Å²) in [6.45, 7) is 2.23. The molecule has 1 rings (SSSR count). The van der Waals surface area contributed by atoms with E-state index in [9.17, 15) is 19.7 Å². The van der Waals surface area contributed by atoms with E-state index in [1.165, 1.54) is 0 Å². The second kappa shape index (κ2) is 6.47. The third-order valence-electron chi connectivity index (χ3n) is 2.30. The highest BCUT2D eigenvalue weighted by Gasteiger charge is 2.25. The number of nitro groups is 1. The van der Waals surface area contributed by atoms with Crippen LogP contribution in [0.5, 0.6) is 0 Å². The number of carbonyl (C=O) groups is 2. The fourth-order valence-corrected chi connectivity index (χ4v) is 1.39. The number of hydrogen-bond acceptors (Lipinski definition) is 5. The van der Waals surface area contributed by atoms with Gasteiger partial charge in [-0.05, 0) is 6.42 Å². The third-order valence-corrected chi connectivity index (χ3v) is 2.30. The first-order valence-electron chi connectivity index (χ1n) is 5.67. The average molecular weight is 270 g/mol. The maximum atomic E-state index is 11.5. The number of aromatic carboxylic acids is 1. The van der Waals surface area contributed by atoms with E-state index in [2.05, 4.69) is 10.4 Å². The minimum Gasteiger partial charge on any atom is -0.476 e. The predicted octanol–water partition coefficient (Wildman–Crippen LogP) is 0.406. The first-order chi connectivity index (χ1) is 8.95. The van der Waals surface area contributed by atoms with Gasteiger partial charge in [-0.25, -0.2) is 4.79 Å². The van der Waals surface area contributed by atoms with E-state index in [0.717, 1.165) is 23.7 Å². The molecule has 19 heavy (non-hydrogen) atoms. The van der Waals surface area contributed by atoms with Crippen molar-refractivity contribution in [3.63, 3.8) is 0 Å². The highest BCUT2D eigenvalue weighted by molar-refractivity contribution is 5.90. The highest BCUT2D eigenvalue weighted by Crippen LogP contribution is 2.16. The molecule has 2 N–H and O–H groups in total. The Kier molecular flexibility index (Phi) is 4.98. The zero-order valence-corrected chi connectivity index (χ0v) is 10.3. The minimum atomic E-state index is -1.50. The van der Waals surface area contributed by atoms with Crippen LogP contribution in [0.1, 0.15) is 30.3 Å². The molecule has 1 heterocycles. The van der Waals surface area contributed by atoms with Gasteiger partial charge in [-0.2, -0.15) is 5.10 Å². The molecule has 0 spiro atoms. The molecular weight excluding hydrogens is 256 g/mol. The Bertz CT molecular complexity index is 465. The topological polar surface area (TPSA) is 127 Å². The molecule has 0 bridgehead atoms. The fraction of sp³-hybridized carbons (Fsp3) is 0.500. The second-order valence-corrected chi connectivity index (χ2v) is 3.83. The van der Waals surface area contributed by atoms with Crippen molar-refractivity contribution < 1.29 is 19.6 Å². The van der Waals surface area contributed by atoms with Crippen LogP contribution in [0, 0.1) is 10.1 Å². The summed E-state index contributed by atoms with van der Waals surface area (Å²) < 4.78 is 0.947. The van der Waals surface area contributed by atoms with E-state index in [0.29, 0.717) is 6.54 Å². The maximum Gasteiger partial charge on any atom is 0.363 e. The van der Waals surface area contributed by atoms with Crippen LogP contribution in [0.4, 0.5) is 5.69 Å². The van der Waals surface area contributed by atoms with Crippen LogP contribution in [0.25, 0.3) is 0 Å². The molecule has 9 nitrogen and oxygen atoms in total. The van der Waals surface area contributed by atoms with Crippen LogP contribution in [0.15, 0.2) is 6.20 Å². The maximum absolute atomic E-state index is 11.5. The molecule has 0 aliphatic heterocycles. The summed E-state index contributed by atoms with van der Waals surface area (Å²) in [6.07, 6.45) is 2.69. The Morgan fingerprint density at radius 1 is 1.58 bits per heavy atom. The van der Waals surface area contributed by atoms with Gasteiger partial charge in [-0.15, -0.1) is 0 Å². The van der Waals surface area contributed by atoms with Crippen LogP contribution >= 0.6 is 0 Å². The third kappa shape index (κ3) is 4.05. The number of carboxylic acids is 1. The van der Waals surface area contributed by atoms with Gasteiger partial charge in [0.25, 0.3) is 0 Å². The van der Waals surface area contributed by atoms with Crippen LogP contribution in [0.2, 0.25) is 0 Å². The number of hydrogen-bond donors (Lipinski definition) is 2. The molecule has 0 fully saturated rings. The van der Waals surface area contributed by atoms with E-state index in [4.69, 9.17) is 5.11 Å². The molecule has 9 heteroatoms. The minimum absolute atomic E-state index is 0.252. The number of nitrogens with zero attached hydrogens (tertiary/aromatic N) is 3. The number of rotatable bonds is 7. The van der Waals surface area contributed by atoms with E-state index in [1.54, 1.807) is 0 Å². The Morgan fingerprint density at radius 2 is 2.26 bits per heavy atom. The van der Waals surface area contributed by atoms with E-state index >= 15 is 0 Å². The van der Waals surface area contributed by atoms with Gasteiger partial charge in [0, 0.05) is 6.54 Å². The lowest BCUT2D eigenvalue weighted by molar-refractivity contribution is -0.385. The Balaban J connectivity index is 2.74. The zero-order valence-electron chi connectivity index (χ0n) is 10.3. The molecule has 104 valence electrons. The molecule has 0 atom stereocenters. The Morgan fingerprint density at radius 3 is 2.74 bits per heavy atom. The first kappa shape index (κ1) is 14.6. The normalized spacial score (nSPS) is 10.2. The summed E-state index contributed by atoms with van der Waals surface area (Å²) in [5, 5.41) is 25.5. The molecule has 0 unspecified atom stereocenters. The second-order valence-electron chi connectivity index (χ2n) is 3.83. The molecular formula is C10H14N4O5. The number of nitrogens with one attached hydrogen (secondary N) is 1. The molecule has 0 saturated carbocycles. The molecule has 0 saturated heterocycles. The largest absolute Gasteiger partial charge is 0.476 e. The van der Waals surface area contributed by atoms with Crippen LogP contribution in [0.3, 0.4) is 0 Å².